The predicted octanol–water partition coefficient (Wildman–Crippen LogP) is 10.4. The Labute approximate surface area is 402 Å². The molecule has 16 heteroatoms. The summed E-state index contributed by atoms with van der Waals surface area (Å²) in [7, 11) is 0. The number of hydrogen-bond donors (Lipinski definition) is 3. The van der Waals surface area contributed by atoms with Gasteiger partial charge in [0.15, 0.2) is 5.76 Å². The van der Waals surface area contributed by atoms with Crippen molar-refractivity contribution in [3.63, 3.8) is 0 Å². The molecule has 0 radical (unpaired) electrons. The first-order chi connectivity index (χ1) is 31.8. The molecule has 3 N–H and O–H groups in total. The third kappa shape index (κ3) is 14.6. The Morgan fingerprint density at radius 2 is 0.956 bits per heavy atom. The van der Waals surface area contributed by atoms with Crippen LogP contribution in [0.2, 0.25) is 5.02 Å². The second-order valence-corrected chi connectivity index (χ2v) is 19.0. The molecule has 0 spiro atoms. The van der Waals surface area contributed by atoms with E-state index >= 15 is 0 Å². The number of amides is 6. The van der Waals surface area contributed by atoms with E-state index in [9.17, 15) is 28.8 Å². The summed E-state index contributed by atoms with van der Waals surface area (Å²) >= 11 is 5.81. The largest absolute Gasteiger partial charge is 0.472 e. The highest BCUT2D eigenvalue weighted by molar-refractivity contribution is 6.30. The number of carbonyl (C=O) groups is 6. The minimum atomic E-state index is -0.601. The second-order valence-electron chi connectivity index (χ2n) is 18.6. The maximum Gasteiger partial charge on any atom is 0.308 e. The van der Waals surface area contributed by atoms with Gasteiger partial charge in [-0.15, -0.1) is 0 Å². The minimum Gasteiger partial charge on any atom is -0.472 e. The van der Waals surface area contributed by atoms with E-state index in [0.717, 1.165) is 23.1 Å². The molecule has 6 aromatic rings. The lowest BCUT2D eigenvalue weighted by Gasteiger charge is -2.35. The van der Waals surface area contributed by atoms with Crippen molar-refractivity contribution in [1.29, 1.82) is 0 Å². The normalized spacial score (nSPS) is 11.1. The van der Waals surface area contributed by atoms with E-state index in [4.69, 9.17) is 24.9 Å². The van der Waals surface area contributed by atoms with Crippen molar-refractivity contribution in [1.82, 2.24) is 31.3 Å². The zero-order chi connectivity index (χ0) is 50.6. The van der Waals surface area contributed by atoms with E-state index in [2.05, 4.69) is 23.2 Å². The van der Waals surface area contributed by atoms with Crippen LogP contribution in [0.15, 0.2) is 136 Å². The fourth-order valence-corrected chi connectivity index (χ4v) is 6.22. The maximum absolute atomic E-state index is 12.6. The van der Waals surface area contributed by atoms with Crippen LogP contribution in [0.1, 0.15) is 148 Å². The van der Waals surface area contributed by atoms with Crippen LogP contribution >= 0.6 is 11.6 Å². The summed E-state index contributed by atoms with van der Waals surface area (Å²) in [5.74, 6) is -1.89. The van der Waals surface area contributed by atoms with Crippen molar-refractivity contribution in [3.8, 4) is 0 Å². The first-order valence-corrected chi connectivity index (χ1v) is 22.2. The molecule has 0 bridgehead atoms. The molecule has 0 saturated heterocycles. The van der Waals surface area contributed by atoms with Gasteiger partial charge in [0.05, 0.1) is 46.5 Å². The Bertz CT molecular complexity index is 2620. The number of halogens is 1. The third-order valence-corrected chi connectivity index (χ3v) is 10.4. The van der Waals surface area contributed by atoms with E-state index < -0.39 is 16.6 Å². The number of aryl methyl sites for hydroxylation is 2. The van der Waals surface area contributed by atoms with E-state index in [1.807, 2.05) is 100 Å². The molecular formula is C52H61ClN6O9. The maximum atomic E-state index is 12.6. The van der Waals surface area contributed by atoms with Gasteiger partial charge in [0, 0.05) is 21.7 Å². The summed E-state index contributed by atoms with van der Waals surface area (Å²) in [4.78, 5) is 75.0. The molecule has 360 valence electrons. The van der Waals surface area contributed by atoms with Gasteiger partial charge >= 0.3 is 5.91 Å². The molecule has 0 fully saturated rings. The number of nitrogens with one attached hydrogen (secondary N) is 3. The first-order valence-electron chi connectivity index (χ1n) is 21.8. The molecule has 0 unspecified atom stereocenters. The number of nitrogens with zero attached hydrogens (tertiary/aromatic N) is 3. The van der Waals surface area contributed by atoms with Crippen LogP contribution in [0.5, 0.6) is 0 Å². The van der Waals surface area contributed by atoms with Gasteiger partial charge in [-0.05, 0) is 166 Å². The third-order valence-electron chi connectivity index (χ3n) is 10.1. The van der Waals surface area contributed by atoms with Gasteiger partial charge in [0.1, 0.15) is 12.5 Å². The number of hydrogen-bond acceptors (Lipinski definition) is 9. The van der Waals surface area contributed by atoms with E-state index in [1.54, 1.807) is 66.7 Å². The van der Waals surface area contributed by atoms with Crippen LogP contribution < -0.4 is 16.3 Å². The Morgan fingerprint density at radius 3 is 1.35 bits per heavy atom. The van der Waals surface area contributed by atoms with E-state index in [1.165, 1.54) is 46.3 Å². The zero-order valence-electron chi connectivity index (χ0n) is 40.6. The summed E-state index contributed by atoms with van der Waals surface area (Å²) in [6.45, 7) is 22.5. The van der Waals surface area contributed by atoms with Crippen molar-refractivity contribution in [2.45, 2.75) is 106 Å². The Balaban J connectivity index is 0.000000222. The molecule has 6 amide bonds. The quantitative estimate of drug-likeness (QED) is 0.131. The second kappa shape index (κ2) is 22.9. The topological polar surface area (TPSA) is 188 Å². The lowest BCUT2D eigenvalue weighted by Crippen LogP contribution is -2.55. The van der Waals surface area contributed by atoms with Gasteiger partial charge in [-0.2, -0.15) is 0 Å². The Hall–Kier alpha value is -7.39. The van der Waals surface area contributed by atoms with Crippen molar-refractivity contribution >= 4 is 47.0 Å². The number of furan rings is 3. The summed E-state index contributed by atoms with van der Waals surface area (Å²) < 4.78 is 15.0. The van der Waals surface area contributed by atoms with Crippen molar-refractivity contribution in [2.24, 2.45) is 0 Å². The van der Waals surface area contributed by atoms with Crippen LogP contribution in [-0.2, 0) is 6.42 Å². The summed E-state index contributed by atoms with van der Waals surface area (Å²) in [6.07, 6.45) is 7.89. The van der Waals surface area contributed by atoms with Gasteiger partial charge in [-0.3, -0.25) is 45.0 Å². The molecule has 6 rings (SSSR count). The van der Waals surface area contributed by atoms with Crippen LogP contribution in [-0.4, -0.2) is 67.1 Å². The van der Waals surface area contributed by atoms with Crippen LogP contribution in [0.3, 0.4) is 0 Å². The highest BCUT2D eigenvalue weighted by atomic mass is 35.5. The molecule has 3 aromatic heterocycles. The van der Waals surface area contributed by atoms with Crippen molar-refractivity contribution < 1.29 is 42.0 Å². The molecule has 68 heavy (non-hydrogen) atoms. The first kappa shape index (κ1) is 53.2. The molecule has 3 aromatic carbocycles. The van der Waals surface area contributed by atoms with Crippen LogP contribution in [0.25, 0.3) is 0 Å². The SMILES string of the molecule is CC(C)(C)N(NC(=O)c1ccc(Cl)cc1)C(=O)c1ccoc1.CCc1ccc(C(=O)NN(C(=O)c2ccoc2)C(C)(C)C)cc1.Cc1cccc(C(=O)NN(C(=O)c2ccco2)C(C)(C)C)c1C. The number of hydrazine groups is 3. The standard InChI is InChI=1S/2C18H22N2O3.C16H17ClN2O3/c1-12-8-6-9-14(13(12)2)16(21)19-20(18(3,4)5)17(22)15-10-7-11-23-15;1-5-13-6-8-14(9-7-13)16(21)19-20(18(2,3)4)17(22)15-10-11-23-12-15;1-16(2,3)19(15(21)12-8-9-22-10-12)18-14(20)11-4-6-13(17)7-5-11/h6-11H,1-5H3,(H,19,21);6-12H,5H2,1-4H3,(H,19,21);4-10H,1-3H3,(H,18,20). The minimum absolute atomic E-state index is 0.182. The van der Waals surface area contributed by atoms with Gasteiger partial charge in [0.2, 0.25) is 0 Å². The summed E-state index contributed by atoms with van der Waals surface area (Å²) in [5.41, 5.74) is 11.6. The average Bonchev–Trinajstić information content (AvgIpc) is 4.12. The molecule has 0 aliphatic rings. The van der Waals surface area contributed by atoms with Crippen molar-refractivity contribution in [2.75, 3.05) is 0 Å². The highest BCUT2D eigenvalue weighted by Gasteiger charge is 2.33. The molecule has 0 aliphatic carbocycles. The monoisotopic (exact) mass is 948 g/mol. The fraction of sp³-hybridized carbons (Fsp3) is 0.308. The van der Waals surface area contributed by atoms with Crippen molar-refractivity contribution in [3.05, 3.63) is 178 Å². The number of benzene rings is 3. The molecule has 0 atom stereocenters. The number of rotatable bonds is 7. The lowest BCUT2D eigenvalue weighted by molar-refractivity contribution is 0.0332. The molecule has 0 saturated carbocycles. The smallest absolute Gasteiger partial charge is 0.308 e. The Kier molecular flexibility index (Phi) is 17.9. The molecule has 15 nitrogen and oxygen atoms in total. The number of carbonyl (C=O) groups excluding carboxylic acids is 6. The van der Waals surface area contributed by atoms with Gasteiger partial charge in [-0.1, -0.05) is 42.8 Å². The molecule has 3 heterocycles. The molecule has 0 aliphatic heterocycles. The summed E-state index contributed by atoms with van der Waals surface area (Å²) in [5, 5.41) is 4.46. The van der Waals surface area contributed by atoms with Gasteiger partial charge < -0.3 is 13.3 Å². The van der Waals surface area contributed by atoms with Crippen LogP contribution in [0.4, 0.5) is 0 Å². The van der Waals surface area contributed by atoms with Gasteiger partial charge in [0.25, 0.3) is 29.5 Å². The lowest BCUT2D eigenvalue weighted by atomic mass is 10.0. The molecular weight excluding hydrogens is 888 g/mol. The summed E-state index contributed by atoms with van der Waals surface area (Å²) in [6, 6.07) is 25.6. The van der Waals surface area contributed by atoms with Gasteiger partial charge in [-0.25, -0.2) is 15.0 Å². The van der Waals surface area contributed by atoms with E-state index in [-0.39, 0.29) is 41.2 Å². The van der Waals surface area contributed by atoms with Crippen LogP contribution in [0, 0.1) is 13.8 Å². The average molecular weight is 950 g/mol. The Morgan fingerprint density at radius 1 is 0.515 bits per heavy atom. The zero-order valence-corrected chi connectivity index (χ0v) is 41.4. The predicted molar refractivity (Wildman–Crippen MR) is 259 cm³/mol. The van der Waals surface area contributed by atoms with E-state index in [0.29, 0.717) is 32.8 Å². The fourth-order valence-electron chi connectivity index (χ4n) is 6.09. The highest BCUT2D eigenvalue weighted by Crippen LogP contribution is 2.20.